The third-order valence-electron chi connectivity index (χ3n) is 4.40. The molecule has 0 saturated carbocycles. The van der Waals surface area contributed by atoms with Gasteiger partial charge in [0.2, 0.25) is 5.91 Å². The number of piperidine rings is 1. The Labute approximate surface area is 115 Å². The standard InChI is InChI=1S/C13H22N2O2.ClH/c16-13(15-5-1-2-6-15)11-7-10-8-14-4-3-12(10)17-9-11;/h10-12,14H,1-9H2;1H/t10-,11-,12+;/m0./s1. The maximum absolute atomic E-state index is 12.3. The molecule has 0 aromatic heterocycles. The van der Waals surface area contributed by atoms with E-state index in [1.54, 1.807) is 0 Å². The molecule has 5 heteroatoms. The van der Waals surface area contributed by atoms with E-state index in [1.165, 1.54) is 12.8 Å². The zero-order valence-electron chi connectivity index (χ0n) is 10.8. The van der Waals surface area contributed by atoms with Crippen LogP contribution >= 0.6 is 12.4 Å². The summed E-state index contributed by atoms with van der Waals surface area (Å²) in [4.78, 5) is 14.3. The Kier molecular flexibility index (Phi) is 4.87. The molecule has 3 atom stereocenters. The largest absolute Gasteiger partial charge is 0.377 e. The van der Waals surface area contributed by atoms with Crippen molar-refractivity contribution in [2.24, 2.45) is 11.8 Å². The van der Waals surface area contributed by atoms with Crippen LogP contribution in [0.3, 0.4) is 0 Å². The summed E-state index contributed by atoms with van der Waals surface area (Å²) >= 11 is 0. The number of amides is 1. The van der Waals surface area contributed by atoms with E-state index in [9.17, 15) is 4.79 Å². The number of nitrogens with one attached hydrogen (secondary N) is 1. The molecule has 3 fully saturated rings. The molecule has 3 aliphatic heterocycles. The maximum atomic E-state index is 12.3. The van der Waals surface area contributed by atoms with E-state index >= 15 is 0 Å². The first kappa shape index (κ1) is 14.1. The molecule has 0 bridgehead atoms. The summed E-state index contributed by atoms with van der Waals surface area (Å²) in [6.45, 7) is 4.65. The number of carbonyl (C=O) groups is 1. The van der Waals surface area contributed by atoms with E-state index in [2.05, 4.69) is 5.32 Å². The molecule has 0 aliphatic carbocycles. The van der Waals surface area contributed by atoms with Gasteiger partial charge in [-0.1, -0.05) is 0 Å². The lowest BCUT2D eigenvalue weighted by Crippen LogP contribution is -2.49. The SMILES string of the molecule is Cl.O=C([C@@H]1CO[C@@H]2CCNC[C@@H]2C1)N1CCCC1. The molecule has 1 N–H and O–H groups in total. The third kappa shape index (κ3) is 2.81. The van der Waals surface area contributed by atoms with Crippen LogP contribution in [0, 0.1) is 11.8 Å². The average molecular weight is 275 g/mol. The molecule has 4 nitrogen and oxygen atoms in total. The lowest BCUT2D eigenvalue weighted by atomic mass is 9.84. The van der Waals surface area contributed by atoms with Crippen LogP contribution in [-0.4, -0.2) is 49.7 Å². The third-order valence-corrected chi connectivity index (χ3v) is 4.40. The Morgan fingerprint density at radius 3 is 2.83 bits per heavy atom. The van der Waals surface area contributed by atoms with Crippen LogP contribution in [0.15, 0.2) is 0 Å². The molecule has 0 spiro atoms. The van der Waals surface area contributed by atoms with Gasteiger partial charge < -0.3 is 15.0 Å². The zero-order chi connectivity index (χ0) is 11.7. The number of rotatable bonds is 1. The van der Waals surface area contributed by atoms with Gasteiger partial charge in [0.05, 0.1) is 18.6 Å². The average Bonchev–Trinajstić information content (AvgIpc) is 2.91. The highest BCUT2D eigenvalue weighted by molar-refractivity contribution is 5.85. The second-order valence-electron chi connectivity index (χ2n) is 5.59. The molecule has 0 radical (unpaired) electrons. The summed E-state index contributed by atoms with van der Waals surface area (Å²) in [5.74, 6) is 1.01. The normalized spacial score (nSPS) is 35.8. The predicted molar refractivity (Wildman–Crippen MR) is 71.9 cm³/mol. The van der Waals surface area contributed by atoms with Crippen LogP contribution in [0.2, 0.25) is 0 Å². The van der Waals surface area contributed by atoms with Gasteiger partial charge in [-0.2, -0.15) is 0 Å². The Morgan fingerprint density at radius 1 is 1.28 bits per heavy atom. The minimum absolute atomic E-state index is 0. The molecule has 3 saturated heterocycles. The van der Waals surface area contributed by atoms with Crippen LogP contribution in [0.1, 0.15) is 25.7 Å². The van der Waals surface area contributed by atoms with Crippen molar-refractivity contribution >= 4 is 18.3 Å². The number of hydrogen-bond donors (Lipinski definition) is 1. The monoisotopic (exact) mass is 274 g/mol. The quantitative estimate of drug-likeness (QED) is 0.777. The van der Waals surface area contributed by atoms with Gasteiger partial charge in [0.15, 0.2) is 0 Å². The predicted octanol–water partition coefficient (Wildman–Crippen LogP) is 1.05. The highest BCUT2D eigenvalue weighted by Gasteiger charge is 2.37. The van der Waals surface area contributed by atoms with Gasteiger partial charge in [-0.15, -0.1) is 12.4 Å². The van der Waals surface area contributed by atoms with Crippen molar-refractivity contribution < 1.29 is 9.53 Å². The van der Waals surface area contributed by atoms with Gasteiger partial charge in [0.1, 0.15) is 0 Å². The number of likely N-dealkylation sites (tertiary alicyclic amines) is 1. The highest BCUT2D eigenvalue weighted by Crippen LogP contribution is 2.30. The maximum Gasteiger partial charge on any atom is 0.228 e. The van der Waals surface area contributed by atoms with Crippen molar-refractivity contribution in [1.82, 2.24) is 10.2 Å². The Hall–Kier alpha value is -0.320. The number of halogens is 1. The van der Waals surface area contributed by atoms with Gasteiger partial charge >= 0.3 is 0 Å². The fourth-order valence-corrected chi connectivity index (χ4v) is 3.39. The lowest BCUT2D eigenvalue weighted by molar-refractivity contribution is -0.145. The minimum Gasteiger partial charge on any atom is -0.377 e. The lowest BCUT2D eigenvalue weighted by Gasteiger charge is -2.39. The van der Waals surface area contributed by atoms with E-state index in [1.807, 2.05) is 4.90 Å². The number of carbonyl (C=O) groups excluding carboxylic acids is 1. The summed E-state index contributed by atoms with van der Waals surface area (Å²) in [6.07, 6.45) is 4.88. The molecular weight excluding hydrogens is 252 g/mol. The van der Waals surface area contributed by atoms with Crippen LogP contribution in [0.4, 0.5) is 0 Å². The topological polar surface area (TPSA) is 41.6 Å². The van der Waals surface area contributed by atoms with E-state index in [4.69, 9.17) is 4.74 Å². The van der Waals surface area contributed by atoms with Crippen LogP contribution in [0.25, 0.3) is 0 Å². The number of hydrogen-bond acceptors (Lipinski definition) is 3. The Balaban J connectivity index is 0.00000120. The molecule has 0 aromatic carbocycles. The van der Waals surface area contributed by atoms with Crippen LogP contribution in [0.5, 0.6) is 0 Å². The van der Waals surface area contributed by atoms with Crippen molar-refractivity contribution in [3.05, 3.63) is 0 Å². The van der Waals surface area contributed by atoms with Crippen molar-refractivity contribution in [2.75, 3.05) is 32.8 Å². The van der Waals surface area contributed by atoms with Crippen LogP contribution < -0.4 is 5.32 Å². The summed E-state index contributed by atoms with van der Waals surface area (Å²) in [5, 5.41) is 3.41. The molecule has 0 unspecified atom stereocenters. The van der Waals surface area contributed by atoms with Crippen LogP contribution in [-0.2, 0) is 9.53 Å². The molecule has 3 heterocycles. The van der Waals surface area contributed by atoms with E-state index in [0.717, 1.165) is 39.0 Å². The molecule has 18 heavy (non-hydrogen) atoms. The Bertz CT molecular complexity index is 295. The Morgan fingerprint density at radius 2 is 2.06 bits per heavy atom. The molecule has 0 aromatic rings. The summed E-state index contributed by atoms with van der Waals surface area (Å²) < 4.78 is 5.89. The number of nitrogens with zero attached hydrogens (tertiary/aromatic N) is 1. The minimum atomic E-state index is 0. The fourth-order valence-electron chi connectivity index (χ4n) is 3.39. The number of ether oxygens (including phenoxy) is 1. The summed E-state index contributed by atoms with van der Waals surface area (Å²) in [6, 6.07) is 0. The smallest absolute Gasteiger partial charge is 0.228 e. The molecule has 104 valence electrons. The molecule has 3 rings (SSSR count). The first-order valence-electron chi connectivity index (χ1n) is 6.95. The first-order chi connectivity index (χ1) is 8.34. The van der Waals surface area contributed by atoms with Crippen molar-refractivity contribution in [1.29, 1.82) is 0 Å². The van der Waals surface area contributed by atoms with Gasteiger partial charge in [0.25, 0.3) is 0 Å². The van der Waals surface area contributed by atoms with Crippen molar-refractivity contribution in [3.8, 4) is 0 Å². The fraction of sp³-hybridized carbons (Fsp3) is 0.923. The van der Waals surface area contributed by atoms with E-state index < -0.39 is 0 Å². The van der Waals surface area contributed by atoms with Crippen molar-refractivity contribution in [2.45, 2.75) is 31.8 Å². The number of fused-ring (bicyclic) bond motifs is 1. The van der Waals surface area contributed by atoms with E-state index in [-0.39, 0.29) is 18.3 Å². The summed E-state index contributed by atoms with van der Waals surface area (Å²) in [5.41, 5.74) is 0. The van der Waals surface area contributed by atoms with Gasteiger partial charge in [-0.3, -0.25) is 4.79 Å². The summed E-state index contributed by atoms with van der Waals surface area (Å²) in [7, 11) is 0. The highest BCUT2D eigenvalue weighted by atomic mass is 35.5. The van der Waals surface area contributed by atoms with Crippen molar-refractivity contribution in [3.63, 3.8) is 0 Å². The second-order valence-corrected chi connectivity index (χ2v) is 5.59. The molecule has 3 aliphatic rings. The van der Waals surface area contributed by atoms with Gasteiger partial charge in [0, 0.05) is 19.6 Å². The van der Waals surface area contributed by atoms with Gasteiger partial charge in [-0.05, 0) is 38.1 Å². The zero-order valence-corrected chi connectivity index (χ0v) is 11.6. The van der Waals surface area contributed by atoms with Gasteiger partial charge in [-0.25, -0.2) is 0 Å². The van der Waals surface area contributed by atoms with E-state index in [0.29, 0.717) is 24.5 Å². The second kappa shape index (κ2) is 6.22. The molecule has 1 amide bonds. The first-order valence-corrected chi connectivity index (χ1v) is 6.95. The molecular formula is C13H23ClN2O2.